The first kappa shape index (κ1) is 32.3. The Balaban J connectivity index is 1.39. The lowest BCUT2D eigenvalue weighted by molar-refractivity contribution is -0.295. The van der Waals surface area contributed by atoms with Crippen molar-refractivity contribution in [1.29, 1.82) is 0 Å². The van der Waals surface area contributed by atoms with Crippen LogP contribution in [0.3, 0.4) is 0 Å². The van der Waals surface area contributed by atoms with Gasteiger partial charge in [-0.05, 0) is 113 Å². The minimum atomic E-state index is -4.79. The van der Waals surface area contributed by atoms with E-state index in [-0.39, 0.29) is 17.1 Å². The molecule has 2 aromatic rings. The summed E-state index contributed by atoms with van der Waals surface area (Å²) in [5.41, 5.74) is -1.37. The standard InChI is InChI=1S/C34H43F3N2O5/c1-22(2)44-29(41)38-32-15-12-31(13-16-32,14-17-32)21-39(28(40)25-19-33(43,20-25)34(35,36)37)27-7-5-6-24(18-27)23-8-10-26(11-9-23)30(3,4)42/h5-11,18,22,25,42-43H,12-17,19-21H2,1-4H3,(H,38,41). The number of aliphatic hydroxyl groups is 2. The molecular weight excluding hydrogens is 573 g/mol. The molecule has 0 saturated heterocycles. The molecule has 7 nitrogen and oxygen atoms in total. The maximum Gasteiger partial charge on any atom is 0.417 e. The van der Waals surface area contributed by atoms with Gasteiger partial charge in [0.1, 0.15) is 0 Å². The Morgan fingerprint density at radius 1 is 0.977 bits per heavy atom. The zero-order chi connectivity index (χ0) is 32.1. The van der Waals surface area contributed by atoms with Gasteiger partial charge in [0.15, 0.2) is 5.60 Å². The van der Waals surface area contributed by atoms with Crippen molar-refractivity contribution in [2.45, 2.75) is 108 Å². The zero-order valence-electron chi connectivity index (χ0n) is 25.8. The van der Waals surface area contributed by atoms with Gasteiger partial charge in [0.2, 0.25) is 5.91 Å². The molecule has 4 saturated carbocycles. The third-order valence-corrected chi connectivity index (χ3v) is 10.00. The molecule has 4 aliphatic rings. The van der Waals surface area contributed by atoms with Crippen molar-refractivity contribution in [1.82, 2.24) is 5.32 Å². The number of alkyl halides is 3. The van der Waals surface area contributed by atoms with Crippen molar-refractivity contribution in [3.05, 3.63) is 54.1 Å². The van der Waals surface area contributed by atoms with Crippen molar-refractivity contribution < 1.29 is 37.7 Å². The number of hydrogen-bond acceptors (Lipinski definition) is 5. The first-order valence-corrected chi connectivity index (χ1v) is 15.5. The summed E-state index contributed by atoms with van der Waals surface area (Å²) in [6.07, 6.45) is -2.29. The van der Waals surface area contributed by atoms with Crippen LogP contribution in [0.25, 0.3) is 11.1 Å². The number of benzene rings is 2. The van der Waals surface area contributed by atoms with Crippen LogP contribution in [0.4, 0.5) is 23.7 Å². The molecular formula is C34H43F3N2O5. The van der Waals surface area contributed by atoms with E-state index in [9.17, 15) is 33.0 Å². The molecule has 2 aromatic carbocycles. The van der Waals surface area contributed by atoms with Gasteiger partial charge in [-0.25, -0.2) is 4.79 Å². The molecule has 4 aliphatic carbocycles. The Morgan fingerprint density at radius 2 is 1.57 bits per heavy atom. The fraction of sp³-hybridized carbons (Fsp3) is 0.588. The van der Waals surface area contributed by atoms with Gasteiger partial charge in [-0.1, -0.05) is 36.4 Å². The maximum atomic E-state index is 13.9. The first-order valence-electron chi connectivity index (χ1n) is 15.5. The van der Waals surface area contributed by atoms with E-state index in [4.69, 9.17) is 4.74 Å². The van der Waals surface area contributed by atoms with E-state index < -0.39 is 48.1 Å². The Hall–Kier alpha value is -3.11. The number of nitrogens with zero attached hydrogens (tertiary/aromatic N) is 1. The van der Waals surface area contributed by atoms with Gasteiger partial charge in [0, 0.05) is 23.7 Å². The van der Waals surface area contributed by atoms with Gasteiger partial charge < -0.3 is 25.2 Å². The Kier molecular flexibility index (Phi) is 8.33. The highest BCUT2D eigenvalue weighted by atomic mass is 19.4. The molecule has 10 heteroatoms. The average molecular weight is 617 g/mol. The molecule has 0 spiro atoms. The summed E-state index contributed by atoms with van der Waals surface area (Å²) in [4.78, 5) is 28.0. The maximum absolute atomic E-state index is 13.9. The highest BCUT2D eigenvalue weighted by molar-refractivity contribution is 5.96. The third kappa shape index (κ3) is 6.47. The third-order valence-electron chi connectivity index (χ3n) is 10.00. The Labute approximate surface area is 256 Å². The van der Waals surface area contributed by atoms with E-state index in [1.807, 2.05) is 42.5 Å². The van der Waals surface area contributed by atoms with Crippen molar-refractivity contribution in [2.75, 3.05) is 11.4 Å². The predicted octanol–water partition coefficient (Wildman–Crippen LogP) is 6.85. The summed E-state index contributed by atoms with van der Waals surface area (Å²) >= 11 is 0. The van der Waals surface area contributed by atoms with Crippen LogP contribution in [0.5, 0.6) is 0 Å². The number of alkyl carbamates (subject to hydrolysis) is 1. The topological polar surface area (TPSA) is 99.1 Å². The normalized spacial score (nSPS) is 28.4. The van der Waals surface area contributed by atoms with Gasteiger partial charge >= 0.3 is 12.3 Å². The molecule has 0 radical (unpaired) electrons. The molecule has 0 unspecified atom stereocenters. The van der Waals surface area contributed by atoms with E-state index in [1.165, 1.54) is 0 Å². The van der Waals surface area contributed by atoms with Crippen LogP contribution in [0.1, 0.15) is 84.6 Å². The molecule has 0 aromatic heterocycles. The van der Waals surface area contributed by atoms with Gasteiger partial charge in [-0.2, -0.15) is 13.2 Å². The summed E-state index contributed by atoms with van der Waals surface area (Å²) in [5, 5.41) is 23.5. The Bertz CT molecular complexity index is 1350. The summed E-state index contributed by atoms with van der Waals surface area (Å²) in [6, 6.07) is 14.9. The lowest BCUT2D eigenvalue weighted by atomic mass is 9.57. The Morgan fingerprint density at radius 3 is 2.09 bits per heavy atom. The highest BCUT2D eigenvalue weighted by Crippen LogP contribution is 2.54. The summed E-state index contributed by atoms with van der Waals surface area (Å²) in [7, 11) is 0. The van der Waals surface area contributed by atoms with Gasteiger partial charge in [-0.15, -0.1) is 0 Å². The first-order chi connectivity index (χ1) is 20.4. The van der Waals surface area contributed by atoms with Crippen LogP contribution in [-0.4, -0.2) is 52.2 Å². The number of carbonyl (C=O) groups excluding carboxylic acids is 2. The average Bonchev–Trinajstić information content (AvgIpc) is 2.93. The molecule has 6 rings (SSSR count). The summed E-state index contributed by atoms with van der Waals surface area (Å²) in [6.45, 7) is 7.36. The molecule has 0 atom stereocenters. The smallest absolute Gasteiger partial charge is 0.417 e. The molecule has 2 amide bonds. The zero-order valence-corrected chi connectivity index (χ0v) is 25.8. The molecule has 240 valence electrons. The number of amides is 2. The lowest BCUT2D eigenvalue weighted by Crippen LogP contribution is -2.61. The molecule has 0 aliphatic heterocycles. The number of ether oxygens (including phenoxy) is 1. The summed E-state index contributed by atoms with van der Waals surface area (Å²) in [5.74, 6) is -1.35. The second kappa shape index (κ2) is 11.4. The van der Waals surface area contributed by atoms with Crippen molar-refractivity contribution in [3.8, 4) is 11.1 Å². The number of carbonyl (C=O) groups is 2. The molecule has 0 heterocycles. The molecule has 44 heavy (non-hydrogen) atoms. The van der Waals surface area contributed by atoms with Crippen LogP contribution in [0.15, 0.2) is 48.5 Å². The summed E-state index contributed by atoms with van der Waals surface area (Å²) < 4.78 is 45.7. The van der Waals surface area contributed by atoms with E-state index in [1.54, 1.807) is 38.7 Å². The lowest BCUT2D eigenvalue weighted by Gasteiger charge is -2.55. The van der Waals surface area contributed by atoms with E-state index in [0.717, 1.165) is 55.2 Å². The molecule has 2 bridgehead atoms. The van der Waals surface area contributed by atoms with Gasteiger partial charge in [0.05, 0.1) is 11.7 Å². The van der Waals surface area contributed by atoms with Crippen LogP contribution in [0, 0.1) is 11.3 Å². The van der Waals surface area contributed by atoms with Crippen LogP contribution < -0.4 is 10.2 Å². The van der Waals surface area contributed by atoms with Crippen LogP contribution in [-0.2, 0) is 15.1 Å². The second-order valence-corrected chi connectivity index (χ2v) is 14.1. The number of fused-ring (bicyclic) bond motifs is 3. The fourth-order valence-electron chi connectivity index (χ4n) is 7.09. The number of nitrogens with one attached hydrogen (secondary N) is 1. The molecule has 3 N–H and O–H groups in total. The largest absolute Gasteiger partial charge is 0.447 e. The highest BCUT2D eigenvalue weighted by Gasteiger charge is 2.63. The predicted molar refractivity (Wildman–Crippen MR) is 161 cm³/mol. The van der Waals surface area contributed by atoms with Crippen LogP contribution in [0.2, 0.25) is 0 Å². The number of anilines is 1. The fourth-order valence-corrected chi connectivity index (χ4v) is 7.09. The quantitative estimate of drug-likeness (QED) is 0.302. The number of rotatable bonds is 8. The van der Waals surface area contributed by atoms with E-state index in [2.05, 4.69) is 5.32 Å². The van der Waals surface area contributed by atoms with Gasteiger partial charge in [-0.3, -0.25) is 4.79 Å². The minimum Gasteiger partial charge on any atom is -0.447 e. The second-order valence-electron chi connectivity index (χ2n) is 14.1. The van der Waals surface area contributed by atoms with E-state index in [0.29, 0.717) is 12.2 Å². The van der Waals surface area contributed by atoms with Gasteiger partial charge in [0.25, 0.3) is 0 Å². The monoisotopic (exact) mass is 616 g/mol. The number of halogens is 3. The van der Waals surface area contributed by atoms with E-state index >= 15 is 0 Å². The van der Waals surface area contributed by atoms with Crippen molar-refractivity contribution in [3.63, 3.8) is 0 Å². The minimum absolute atomic E-state index is 0.228. The molecule has 4 fully saturated rings. The SMILES string of the molecule is CC(C)OC(=O)NC12CCC(CN(C(=O)C3CC(O)(C(F)(F)F)C3)c3cccc(-c4ccc(C(C)(C)O)cc4)c3)(CC1)CC2. The van der Waals surface area contributed by atoms with Crippen LogP contribution >= 0.6 is 0 Å². The number of hydrogen-bond donors (Lipinski definition) is 3. The van der Waals surface area contributed by atoms with Crippen molar-refractivity contribution >= 4 is 17.7 Å². The van der Waals surface area contributed by atoms with Crippen molar-refractivity contribution in [2.24, 2.45) is 11.3 Å².